The zero-order chi connectivity index (χ0) is 13.0. The fourth-order valence-electron chi connectivity index (χ4n) is 2.43. The summed E-state index contributed by atoms with van der Waals surface area (Å²) in [6, 6.07) is 10.3. The van der Waals surface area contributed by atoms with Gasteiger partial charge < -0.3 is 0 Å². The zero-order valence-corrected chi connectivity index (χ0v) is 11.8. The first kappa shape index (κ1) is 13.8. The van der Waals surface area contributed by atoms with Gasteiger partial charge in [0.15, 0.2) is 0 Å². The van der Waals surface area contributed by atoms with Crippen molar-refractivity contribution in [2.24, 2.45) is 5.92 Å². The van der Waals surface area contributed by atoms with Crippen molar-refractivity contribution in [1.29, 1.82) is 0 Å². The number of halogens is 1. The average Bonchev–Trinajstić information content (AvgIpc) is 2.31. The predicted octanol–water partition coefficient (Wildman–Crippen LogP) is 2.47. The van der Waals surface area contributed by atoms with Crippen LogP contribution in [-0.4, -0.2) is 32.2 Å². The molecular weight excluding hydrogens is 270 g/mol. The molecule has 0 radical (unpaired) electrons. The summed E-state index contributed by atoms with van der Waals surface area (Å²) in [7, 11) is 1.94. The van der Waals surface area contributed by atoms with Gasteiger partial charge in [0, 0.05) is 17.2 Å². The molecule has 1 aromatic rings. The lowest BCUT2D eigenvalue weighted by molar-refractivity contribution is 0.186. The van der Waals surface area contributed by atoms with Crippen molar-refractivity contribution in [1.82, 2.24) is 4.90 Å². The van der Waals surface area contributed by atoms with Crippen LogP contribution in [0.1, 0.15) is 18.4 Å². The minimum Gasteiger partial charge on any atom is -0.299 e. The minimum absolute atomic E-state index is 0.119. The maximum atomic E-state index is 11.0. The molecular formula is C13H18ClNO2S. The number of piperidine rings is 1. The first-order valence-electron chi connectivity index (χ1n) is 6.21. The van der Waals surface area contributed by atoms with E-state index >= 15 is 0 Å². The predicted molar refractivity (Wildman–Crippen MR) is 74.1 cm³/mol. The Morgan fingerprint density at radius 1 is 1.17 bits per heavy atom. The van der Waals surface area contributed by atoms with Crippen LogP contribution in [0.3, 0.4) is 0 Å². The van der Waals surface area contributed by atoms with E-state index in [1.807, 2.05) is 18.2 Å². The van der Waals surface area contributed by atoms with Gasteiger partial charge in [-0.3, -0.25) is 4.90 Å². The number of hydrogen-bond acceptors (Lipinski definition) is 3. The Hall–Kier alpha value is -0.580. The van der Waals surface area contributed by atoms with Gasteiger partial charge >= 0.3 is 0 Å². The van der Waals surface area contributed by atoms with Crippen molar-refractivity contribution >= 4 is 19.7 Å². The molecule has 1 heterocycles. The fourth-order valence-corrected chi connectivity index (χ4v) is 3.87. The first-order valence-corrected chi connectivity index (χ1v) is 8.69. The Balaban J connectivity index is 1.80. The molecule has 0 atom stereocenters. The molecule has 1 fully saturated rings. The third kappa shape index (κ3) is 4.59. The molecule has 3 nitrogen and oxygen atoms in total. The molecule has 1 saturated heterocycles. The van der Waals surface area contributed by atoms with E-state index in [4.69, 9.17) is 10.7 Å². The molecule has 1 aliphatic heterocycles. The van der Waals surface area contributed by atoms with Gasteiger partial charge in [0.25, 0.3) is 0 Å². The molecule has 1 aromatic carbocycles. The van der Waals surface area contributed by atoms with Crippen LogP contribution in [-0.2, 0) is 15.6 Å². The van der Waals surface area contributed by atoms with Crippen molar-refractivity contribution in [2.45, 2.75) is 19.4 Å². The van der Waals surface area contributed by atoms with Crippen molar-refractivity contribution in [3.05, 3.63) is 35.9 Å². The molecule has 5 heteroatoms. The molecule has 0 amide bonds. The monoisotopic (exact) mass is 287 g/mol. The van der Waals surface area contributed by atoms with Crippen molar-refractivity contribution in [3.8, 4) is 0 Å². The zero-order valence-electron chi connectivity index (χ0n) is 10.3. The van der Waals surface area contributed by atoms with Crippen LogP contribution >= 0.6 is 10.7 Å². The Labute approximate surface area is 113 Å². The normalized spacial score (nSPS) is 18.9. The first-order chi connectivity index (χ1) is 8.53. The Kier molecular flexibility index (Phi) is 4.65. The maximum Gasteiger partial charge on any atom is 0.232 e. The molecule has 0 unspecified atom stereocenters. The van der Waals surface area contributed by atoms with Gasteiger partial charge in [-0.2, -0.15) is 0 Å². The quantitative estimate of drug-likeness (QED) is 0.799. The van der Waals surface area contributed by atoms with Crippen LogP contribution in [0, 0.1) is 5.92 Å². The summed E-state index contributed by atoms with van der Waals surface area (Å²) in [6.07, 6.45) is 1.83. The van der Waals surface area contributed by atoms with Gasteiger partial charge in [-0.25, -0.2) is 8.42 Å². The number of rotatable bonds is 4. The van der Waals surface area contributed by atoms with Crippen LogP contribution in [0.15, 0.2) is 30.3 Å². The molecule has 0 bridgehead atoms. The maximum absolute atomic E-state index is 11.0. The molecule has 0 spiro atoms. The van der Waals surface area contributed by atoms with E-state index in [0.717, 1.165) is 32.5 Å². The third-order valence-corrected chi connectivity index (χ3v) is 4.64. The number of benzene rings is 1. The van der Waals surface area contributed by atoms with Crippen LogP contribution in [0.25, 0.3) is 0 Å². The van der Waals surface area contributed by atoms with Crippen LogP contribution in [0.4, 0.5) is 0 Å². The highest BCUT2D eigenvalue weighted by Crippen LogP contribution is 2.21. The van der Waals surface area contributed by atoms with E-state index in [1.54, 1.807) is 0 Å². The summed E-state index contributed by atoms with van der Waals surface area (Å²) in [5.74, 6) is 0.341. The average molecular weight is 288 g/mol. The van der Waals surface area contributed by atoms with Gasteiger partial charge in [0.05, 0.1) is 5.75 Å². The van der Waals surface area contributed by atoms with Crippen molar-refractivity contribution in [3.63, 3.8) is 0 Å². The standard InChI is InChI=1S/C13H18ClNO2S/c14-18(16,17)11-13-6-8-15(9-7-13)10-12-4-2-1-3-5-12/h1-5,13H,6-11H2. The van der Waals surface area contributed by atoms with E-state index in [-0.39, 0.29) is 11.7 Å². The van der Waals surface area contributed by atoms with Crippen molar-refractivity contribution in [2.75, 3.05) is 18.8 Å². The SMILES string of the molecule is O=S(=O)(Cl)CC1CCN(Cc2ccccc2)CC1. The third-order valence-electron chi connectivity index (χ3n) is 3.39. The van der Waals surface area contributed by atoms with E-state index < -0.39 is 9.05 Å². The Morgan fingerprint density at radius 3 is 2.33 bits per heavy atom. The smallest absolute Gasteiger partial charge is 0.232 e. The topological polar surface area (TPSA) is 37.4 Å². The lowest BCUT2D eigenvalue weighted by Gasteiger charge is -2.31. The summed E-state index contributed by atoms with van der Waals surface area (Å²) in [5.41, 5.74) is 1.31. The number of nitrogens with zero attached hydrogens (tertiary/aromatic N) is 1. The summed E-state index contributed by atoms with van der Waals surface area (Å²) in [4.78, 5) is 2.37. The lowest BCUT2D eigenvalue weighted by Crippen LogP contribution is -2.35. The van der Waals surface area contributed by atoms with Crippen LogP contribution in [0.2, 0.25) is 0 Å². The fraction of sp³-hybridized carbons (Fsp3) is 0.538. The second kappa shape index (κ2) is 6.04. The van der Waals surface area contributed by atoms with E-state index in [0.29, 0.717) is 0 Å². The van der Waals surface area contributed by atoms with E-state index in [9.17, 15) is 8.42 Å². The van der Waals surface area contributed by atoms with Crippen LogP contribution < -0.4 is 0 Å². The highest BCUT2D eigenvalue weighted by Gasteiger charge is 2.23. The molecule has 0 saturated carbocycles. The van der Waals surface area contributed by atoms with Gasteiger partial charge in [0.1, 0.15) is 0 Å². The molecule has 0 aliphatic carbocycles. The van der Waals surface area contributed by atoms with Crippen LogP contribution in [0.5, 0.6) is 0 Å². The Morgan fingerprint density at radius 2 is 1.78 bits per heavy atom. The summed E-state index contributed by atoms with van der Waals surface area (Å²) in [6.45, 7) is 2.85. The van der Waals surface area contributed by atoms with Gasteiger partial charge in [0.2, 0.25) is 9.05 Å². The highest BCUT2D eigenvalue weighted by molar-refractivity contribution is 8.13. The number of hydrogen-bond donors (Lipinski definition) is 0. The summed E-state index contributed by atoms with van der Waals surface area (Å²) < 4.78 is 22.0. The van der Waals surface area contributed by atoms with Gasteiger partial charge in [-0.05, 0) is 37.4 Å². The van der Waals surface area contributed by atoms with Gasteiger partial charge in [-0.1, -0.05) is 30.3 Å². The molecule has 18 heavy (non-hydrogen) atoms. The largest absolute Gasteiger partial charge is 0.299 e. The van der Waals surface area contributed by atoms with Crippen molar-refractivity contribution < 1.29 is 8.42 Å². The molecule has 0 aromatic heterocycles. The van der Waals surface area contributed by atoms with E-state index in [2.05, 4.69) is 17.0 Å². The van der Waals surface area contributed by atoms with E-state index in [1.165, 1.54) is 5.56 Å². The minimum atomic E-state index is -3.35. The van der Waals surface area contributed by atoms with Gasteiger partial charge in [-0.15, -0.1) is 0 Å². The highest BCUT2D eigenvalue weighted by atomic mass is 35.7. The molecule has 100 valence electrons. The Bertz CT molecular complexity index is 467. The number of likely N-dealkylation sites (tertiary alicyclic amines) is 1. The molecule has 2 rings (SSSR count). The molecule has 1 aliphatic rings. The molecule has 0 N–H and O–H groups in total. The summed E-state index contributed by atoms with van der Waals surface area (Å²) in [5, 5.41) is 0. The second-order valence-electron chi connectivity index (χ2n) is 4.91. The summed E-state index contributed by atoms with van der Waals surface area (Å²) >= 11 is 0. The lowest BCUT2D eigenvalue weighted by atomic mass is 9.98. The second-order valence-corrected chi connectivity index (χ2v) is 7.73.